The molecule has 1 rings (SSSR count). The number of aromatic nitrogens is 1. The van der Waals surface area contributed by atoms with Crippen molar-refractivity contribution >= 4 is 17.2 Å². The molecule has 0 saturated heterocycles. The van der Waals surface area contributed by atoms with Gasteiger partial charge in [-0.25, -0.2) is 0 Å². The summed E-state index contributed by atoms with van der Waals surface area (Å²) in [7, 11) is 3.21. The maximum Gasteiger partial charge on any atom is 0.183 e. The van der Waals surface area contributed by atoms with Gasteiger partial charge in [-0.1, -0.05) is 19.1 Å². The summed E-state index contributed by atoms with van der Waals surface area (Å²) in [5.41, 5.74) is 6.38. The average molecular weight is 269 g/mol. The van der Waals surface area contributed by atoms with Crippen LogP contribution in [0.3, 0.4) is 0 Å². The molecule has 0 aliphatic carbocycles. The van der Waals surface area contributed by atoms with Gasteiger partial charge in [-0.2, -0.15) is 0 Å². The third-order valence-electron chi connectivity index (χ3n) is 2.57. The van der Waals surface area contributed by atoms with E-state index in [0.717, 1.165) is 12.2 Å². The van der Waals surface area contributed by atoms with E-state index in [1.54, 1.807) is 26.5 Å². The molecule has 1 aromatic heterocycles. The Bertz CT molecular complexity index is 412. The van der Waals surface area contributed by atoms with E-state index < -0.39 is 0 Å². The summed E-state index contributed by atoms with van der Waals surface area (Å²) in [6.45, 7) is 4.06. The Labute approximate surface area is 113 Å². The number of methoxy groups -OCH3 is 2. The first kappa shape index (κ1) is 14.7. The minimum Gasteiger partial charge on any atom is -0.493 e. The Kier molecular flexibility index (Phi) is 5.80. The first-order valence-corrected chi connectivity index (χ1v) is 6.09. The van der Waals surface area contributed by atoms with Crippen molar-refractivity contribution < 1.29 is 9.47 Å². The van der Waals surface area contributed by atoms with Crippen molar-refractivity contribution in [2.45, 2.75) is 13.5 Å². The predicted molar refractivity (Wildman–Crippen MR) is 75.1 cm³/mol. The Morgan fingerprint density at radius 3 is 2.67 bits per heavy atom. The molecule has 0 aliphatic heterocycles. The normalized spacial score (nSPS) is 10.4. The van der Waals surface area contributed by atoms with Gasteiger partial charge in [0.1, 0.15) is 5.69 Å². The van der Waals surface area contributed by atoms with E-state index in [2.05, 4.69) is 9.88 Å². The zero-order chi connectivity index (χ0) is 13.5. The molecule has 0 atom stereocenters. The van der Waals surface area contributed by atoms with Gasteiger partial charge in [0.15, 0.2) is 11.5 Å². The molecule has 0 fully saturated rings. The molecule has 5 nitrogen and oxygen atoms in total. The number of pyridine rings is 1. The van der Waals surface area contributed by atoms with Crippen LogP contribution in [0.25, 0.3) is 0 Å². The quantitative estimate of drug-likeness (QED) is 0.751. The molecule has 0 aromatic carbocycles. The average Bonchev–Trinajstić information content (AvgIpc) is 2.36. The highest BCUT2D eigenvalue weighted by molar-refractivity contribution is 7.80. The van der Waals surface area contributed by atoms with Crippen molar-refractivity contribution in [2.24, 2.45) is 5.73 Å². The summed E-state index contributed by atoms with van der Waals surface area (Å²) in [6.07, 6.45) is 1.70. The highest BCUT2D eigenvalue weighted by Gasteiger charge is 2.14. The van der Waals surface area contributed by atoms with Gasteiger partial charge in [-0.15, -0.1) is 0 Å². The lowest BCUT2D eigenvalue weighted by atomic mass is 10.2. The van der Waals surface area contributed by atoms with Crippen LogP contribution in [-0.4, -0.2) is 42.2 Å². The van der Waals surface area contributed by atoms with E-state index in [1.807, 2.05) is 6.92 Å². The van der Waals surface area contributed by atoms with Gasteiger partial charge in [-0.3, -0.25) is 9.88 Å². The van der Waals surface area contributed by atoms with E-state index in [1.165, 1.54) is 0 Å². The monoisotopic (exact) mass is 269 g/mol. The Hall–Kier alpha value is -1.40. The lowest BCUT2D eigenvalue weighted by Gasteiger charge is -2.20. The molecular formula is C12H19N3O2S. The second-order valence-corrected chi connectivity index (χ2v) is 4.29. The highest BCUT2D eigenvalue weighted by Crippen LogP contribution is 2.29. The van der Waals surface area contributed by atoms with Gasteiger partial charge in [0, 0.05) is 25.4 Å². The summed E-state index contributed by atoms with van der Waals surface area (Å²) < 4.78 is 10.6. The largest absolute Gasteiger partial charge is 0.493 e. The van der Waals surface area contributed by atoms with Crippen LogP contribution >= 0.6 is 12.2 Å². The lowest BCUT2D eigenvalue weighted by Crippen LogP contribution is -2.32. The van der Waals surface area contributed by atoms with Crippen LogP contribution in [0.4, 0.5) is 0 Å². The SMILES string of the molecule is CCN(CC(N)=S)Cc1nccc(OC)c1OC. The number of rotatable bonds is 7. The summed E-state index contributed by atoms with van der Waals surface area (Å²) in [4.78, 5) is 6.88. The van der Waals surface area contributed by atoms with Crippen molar-refractivity contribution in [1.82, 2.24) is 9.88 Å². The molecular weight excluding hydrogens is 250 g/mol. The van der Waals surface area contributed by atoms with Gasteiger partial charge in [0.25, 0.3) is 0 Å². The maximum atomic E-state index is 5.56. The Balaban J connectivity index is 2.91. The predicted octanol–water partition coefficient (Wildman–Crippen LogP) is 1.21. The number of thiocarbonyl (C=S) groups is 1. The third kappa shape index (κ3) is 3.82. The second-order valence-electron chi connectivity index (χ2n) is 3.76. The molecule has 0 radical (unpaired) electrons. The fraction of sp³-hybridized carbons (Fsp3) is 0.500. The van der Waals surface area contributed by atoms with E-state index in [4.69, 9.17) is 27.4 Å². The van der Waals surface area contributed by atoms with E-state index >= 15 is 0 Å². The molecule has 1 heterocycles. The fourth-order valence-electron chi connectivity index (χ4n) is 1.67. The molecule has 0 unspecified atom stereocenters. The Morgan fingerprint density at radius 1 is 1.44 bits per heavy atom. The molecule has 1 aromatic rings. The van der Waals surface area contributed by atoms with E-state index in [9.17, 15) is 0 Å². The summed E-state index contributed by atoms with van der Waals surface area (Å²) >= 11 is 4.92. The molecule has 0 aliphatic rings. The summed E-state index contributed by atoms with van der Waals surface area (Å²) in [5, 5.41) is 0. The zero-order valence-electron chi connectivity index (χ0n) is 11.0. The van der Waals surface area contributed by atoms with Crippen LogP contribution in [0.2, 0.25) is 0 Å². The topological polar surface area (TPSA) is 60.6 Å². The van der Waals surface area contributed by atoms with Crippen LogP contribution in [0.15, 0.2) is 12.3 Å². The first-order valence-electron chi connectivity index (χ1n) is 5.68. The van der Waals surface area contributed by atoms with Crippen LogP contribution in [0.5, 0.6) is 11.5 Å². The smallest absolute Gasteiger partial charge is 0.183 e. The van der Waals surface area contributed by atoms with Gasteiger partial charge < -0.3 is 15.2 Å². The van der Waals surface area contributed by atoms with Crippen LogP contribution in [0.1, 0.15) is 12.6 Å². The number of ether oxygens (including phenoxy) is 2. The second kappa shape index (κ2) is 7.13. The minimum atomic E-state index is 0.471. The number of hydrogen-bond acceptors (Lipinski definition) is 5. The third-order valence-corrected chi connectivity index (χ3v) is 2.70. The number of hydrogen-bond donors (Lipinski definition) is 1. The standard InChI is InChI=1S/C12H19N3O2S/c1-4-15(8-11(13)18)7-9-12(17-3)10(16-2)5-6-14-9/h5-6H,4,7-8H2,1-3H3,(H2,13,18). The van der Waals surface area contributed by atoms with Crippen molar-refractivity contribution in [2.75, 3.05) is 27.3 Å². The maximum absolute atomic E-state index is 5.56. The molecule has 6 heteroatoms. The number of nitrogens with zero attached hydrogens (tertiary/aromatic N) is 2. The first-order chi connectivity index (χ1) is 8.62. The number of nitrogens with two attached hydrogens (primary N) is 1. The molecule has 0 bridgehead atoms. The van der Waals surface area contributed by atoms with Crippen molar-refractivity contribution in [3.63, 3.8) is 0 Å². The van der Waals surface area contributed by atoms with E-state index in [0.29, 0.717) is 29.6 Å². The van der Waals surface area contributed by atoms with Gasteiger partial charge in [0.05, 0.1) is 19.2 Å². The summed E-state index contributed by atoms with van der Waals surface area (Å²) in [5.74, 6) is 1.33. The van der Waals surface area contributed by atoms with Crippen molar-refractivity contribution in [1.29, 1.82) is 0 Å². The van der Waals surface area contributed by atoms with Crippen LogP contribution in [0, 0.1) is 0 Å². The molecule has 0 saturated carbocycles. The summed E-state index contributed by atoms with van der Waals surface area (Å²) in [6, 6.07) is 1.77. The zero-order valence-corrected chi connectivity index (χ0v) is 11.8. The molecule has 100 valence electrons. The molecule has 18 heavy (non-hydrogen) atoms. The molecule has 0 amide bonds. The van der Waals surface area contributed by atoms with Crippen molar-refractivity contribution in [3.8, 4) is 11.5 Å². The lowest BCUT2D eigenvalue weighted by molar-refractivity contribution is 0.299. The van der Waals surface area contributed by atoms with Crippen molar-refractivity contribution in [3.05, 3.63) is 18.0 Å². The Morgan fingerprint density at radius 2 is 2.17 bits per heavy atom. The van der Waals surface area contributed by atoms with Gasteiger partial charge in [-0.05, 0) is 6.54 Å². The minimum absolute atomic E-state index is 0.471. The van der Waals surface area contributed by atoms with Crippen LogP contribution in [-0.2, 0) is 6.54 Å². The fourth-order valence-corrected chi connectivity index (χ4v) is 1.86. The number of likely N-dealkylation sites (N-methyl/N-ethyl adjacent to an activating group) is 1. The van der Waals surface area contributed by atoms with E-state index in [-0.39, 0.29) is 0 Å². The van der Waals surface area contributed by atoms with Gasteiger partial charge >= 0.3 is 0 Å². The van der Waals surface area contributed by atoms with Crippen LogP contribution < -0.4 is 15.2 Å². The molecule has 2 N–H and O–H groups in total. The highest BCUT2D eigenvalue weighted by atomic mass is 32.1. The van der Waals surface area contributed by atoms with Gasteiger partial charge in [0.2, 0.25) is 0 Å². The molecule has 0 spiro atoms.